The summed E-state index contributed by atoms with van der Waals surface area (Å²) in [6, 6.07) is 7.91. The summed E-state index contributed by atoms with van der Waals surface area (Å²) in [5, 5.41) is 22.7. The minimum absolute atomic E-state index is 0.0693. The molecule has 2 aromatic carbocycles. The predicted octanol–water partition coefficient (Wildman–Crippen LogP) is 9.28. The van der Waals surface area contributed by atoms with Crippen LogP contribution in [0.4, 0.5) is 0 Å². The molecule has 1 aliphatic rings. The Morgan fingerprint density at radius 1 is 0.776 bits per heavy atom. The van der Waals surface area contributed by atoms with Crippen molar-refractivity contribution < 1.29 is 28.6 Å². The third-order valence-corrected chi connectivity index (χ3v) is 12.1. The van der Waals surface area contributed by atoms with Gasteiger partial charge in [-0.1, -0.05) is 81.2 Å². The van der Waals surface area contributed by atoms with Gasteiger partial charge < -0.3 is 23.8 Å². The Morgan fingerprint density at radius 2 is 1.24 bits per heavy atom. The molecule has 0 amide bonds. The van der Waals surface area contributed by atoms with Crippen LogP contribution in [0.25, 0.3) is 0 Å². The fourth-order valence-electron chi connectivity index (χ4n) is 6.22. The van der Waals surface area contributed by atoms with Gasteiger partial charge in [-0.25, -0.2) is 0 Å². The van der Waals surface area contributed by atoms with Crippen LogP contribution in [0.3, 0.4) is 0 Å². The monoisotopic (exact) mass is 694 g/mol. The minimum Gasteiger partial charge on any atom is -0.507 e. The standard InChI is InChI=1S/C40H62N2O6Si/c1-13-46-49(12,47-14-2)20-19-35(43)48-30-22-28(37(45)32(24-30)40(9,10)11)26-42-34-18-16-15-17-33(34)41-25-27-21-29(38(3,4)5)23-31(36(27)44)39(6,7)8/h21-26,33-34,44-45H,13-20H2,1-12H3/t33-,34-/m1/s1. The Labute approximate surface area is 296 Å². The van der Waals surface area contributed by atoms with Gasteiger partial charge in [-0.2, -0.15) is 0 Å². The van der Waals surface area contributed by atoms with Gasteiger partial charge in [0.05, 0.1) is 12.1 Å². The zero-order chi connectivity index (χ0) is 36.8. The number of carbonyl (C=O) groups excluding carboxylic acids is 1. The summed E-state index contributed by atoms with van der Waals surface area (Å²) in [5.41, 5.74) is 3.24. The van der Waals surface area contributed by atoms with E-state index in [2.05, 4.69) is 47.6 Å². The highest BCUT2D eigenvalue weighted by molar-refractivity contribution is 6.66. The van der Waals surface area contributed by atoms with Crippen molar-refractivity contribution in [2.24, 2.45) is 9.98 Å². The van der Waals surface area contributed by atoms with Gasteiger partial charge in [0, 0.05) is 60.4 Å². The summed E-state index contributed by atoms with van der Waals surface area (Å²) in [7, 11) is -2.47. The number of phenolic OH excluding ortho intramolecular Hbond substituents is 2. The summed E-state index contributed by atoms with van der Waals surface area (Å²) in [6.07, 6.45) is 7.52. The van der Waals surface area contributed by atoms with Crippen LogP contribution in [0.1, 0.15) is 136 Å². The maximum Gasteiger partial charge on any atom is 0.335 e. The van der Waals surface area contributed by atoms with E-state index in [1.54, 1.807) is 18.3 Å². The van der Waals surface area contributed by atoms with E-state index in [4.69, 9.17) is 23.6 Å². The second-order valence-electron chi connectivity index (χ2n) is 16.6. The van der Waals surface area contributed by atoms with Gasteiger partial charge in [-0.3, -0.25) is 14.8 Å². The van der Waals surface area contributed by atoms with Crippen LogP contribution >= 0.6 is 0 Å². The third-order valence-electron chi connectivity index (χ3n) is 9.15. The van der Waals surface area contributed by atoms with Gasteiger partial charge >= 0.3 is 14.5 Å². The molecule has 9 heteroatoms. The molecule has 2 aromatic rings. The SMILES string of the molecule is CCO[Si](C)(CCC(=O)Oc1cc(C=N[C@@H]2CCCC[C@H]2N=Cc2cc(C(C)(C)C)cc(C(C)(C)C)c2O)c(O)c(C(C)(C)C)c1)OCC. The van der Waals surface area contributed by atoms with E-state index in [9.17, 15) is 15.0 Å². The van der Waals surface area contributed by atoms with Crippen LogP contribution in [-0.4, -0.2) is 62.5 Å². The van der Waals surface area contributed by atoms with Crippen molar-refractivity contribution in [2.45, 2.75) is 149 Å². The molecule has 2 N–H and O–H groups in total. The van der Waals surface area contributed by atoms with Crippen molar-refractivity contribution in [3.8, 4) is 17.2 Å². The van der Waals surface area contributed by atoms with Gasteiger partial charge in [-0.15, -0.1) is 0 Å². The van der Waals surface area contributed by atoms with Crippen molar-refractivity contribution in [1.82, 2.24) is 0 Å². The average Bonchev–Trinajstić information content (AvgIpc) is 2.98. The maximum absolute atomic E-state index is 13.0. The van der Waals surface area contributed by atoms with Gasteiger partial charge in [0.25, 0.3) is 0 Å². The summed E-state index contributed by atoms with van der Waals surface area (Å²) in [6.45, 7) is 25.8. The van der Waals surface area contributed by atoms with E-state index in [1.165, 1.54) is 0 Å². The Bertz CT molecular complexity index is 1490. The number of carbonyl (C=O) groups is 1. The normalized spacial score (nSPS) is 18.0. The first-order chi connectivity index (χ1) is 22.7. The van der Waals surface area contributed by atoms with Crippen LogP contribution < -0.4 is 4.74 Å². The van der Waals surface area contributed by atoms with E-state index in [1.807, 2.05) is 53.4 Å². The Kier molecular flexibility index (Phi) is 13.5. The van der Waals surface area contributed by atoms with E-state index in [-0.39, 0.29) is 46.8 Å². The van der Waals surface area contributed by atoms with Gasteiger partial charge in [-0.05, 0) is 73.2 Å². The molecule has 0 radical (unpaired) electrons. The number of ether oxygens (including phenoxy) is 1. The molecule has 49 heavy (non-hydrogen) atoms. The van der Waals surface area contributed by atoms with Gasteiger partial charge in [0.1, 0.15) is 17.2 Å². The Morgan fingerprint density at radius 3 is 1.69 bits per heavy atom. The van der Waals surface area contributed by atoms with E-state index >= 15 is 0 Å². The molecular weight excluding hydrogens is 633 g/mol. The smallest absolute Gasteiger partial charge is 0.335 e. The summed E-state index contributed by atoms with van der Waals surface area (Å²) in [5.74, 6) is 0.390. The zero-order valence-corrected chi connectivity index (χ0v) is 33.2. The van der Waals surface area contributed by atoms with Crippen molar-refractivity contribution in [3.05, 3.63) is 52.1 Å². The van der Waals surface area contributed by atoms with Crippen LogP contribution in [0.15, 0.2) is 34.3 Å². The van der Waals surface area contributed by atoms with E-state index in [0.717, 1.165) is 42.4 Å². The maximum atomic E-state index is 13.0. The number of aliphatic imine (C=N–C) groups is 2. The number of aromatic hydroxyl groups is 2. The van der Waals surface area contributed by atoms with Crippen molar-refractivity contribution in [2.75, 3.05) is 13.2 Å². The Balaban J connectivity index is 1.91. The first kappa shape index (κ1) is 40.4. The fourth-order valence-corrected chi connectivity index (χ4v) is 8.47. The minimum atomic E-state index is -2.47. The third kappa shape index (κ3) is 11.2. The largest absolute Gasteiger partial charge is 0.507 e. The molecule has 1 fully saturated rings. The number of rotatable bonds is 12. The Hall–Kier alpha value is -3.01. The number of phenols is 2. The molecule has 0 spiro atoms. The first-order valence-electron chi connectivity index (χ1n) is 18.0. The number of hydrogen-bond acceptors (Lipinski definition) is 8. The van der Waals surface area contributed by atoms with Gasteiger partial charge in [0.2, 0.25) is 0 Å². The van der Waals surface area contributed by atoms with Crippen molar-refractivity contribution in [3.63, 3.8) is 0 Å². The zero-order valence-electron chi connectivity index (χ0n) is 32.2. The first-order valence-corrected chi connectivity index (χ1v) is 20.5. The molecule has 0 saturated heterocycles. The van der Waals surface area contributed by atoms with Crippen LogP contribution in [0.5, 0.6) is 17.2 Å². The number of nitrogens with zero attached hydrogens (tertiary/aromatic N) is 2. The van der Waals surface area contributed by atoms with Crippen LogP contribution in [-0.2, 0) is 29.9 Å². The fraction of sp³-hybridized carbons (Fsp3) is 0.625. The number of benzene rings is 2. The molecule has 3 rings (SSSR count). The molecule has 0 unspecified atom stereocenters. The van der Waals surface area contributed by atoms with Crippen LogP contribution in [0.2, 0.25) is 12.6 Å². The molecule has 0 heterocycles. The molecule has 0 aliphatic heterocycles. The second-order valence-corrected chi connectivity index (χ2v) is 19.9. The van der Waals surface area contributed by atoms with E-state index < -0.39 is 14.0 Å². The molecule has 0 aromatic heterocycles. The molecule has 1 aliphatic carbocycles. The molecule has 272 valence electrons. The molecule has 8 nitrogen and oxygen atoms in total. The van der Waals surface area contributed by atoms with Crippen LogP contribution in [0, 0.1) is 0 Å². The quantitative estimate of drug-likeness (QED) is 0.0992. The highest BCUT2D eigenvalue weighted by Crippen LogP contribution is 2.39. The van der Waals surface area contributed by atoms with Gasteiger partial charge in [0.15, 0.2) is 0 Å². The summed E-state index contributed by atoms with van der Waals surface area (Å²) < 4.78 is 17.6. The van der Waals surface area contributed by atoms with Crippen molar-refractivity contribution in [1.29, 1.82) is 0 Å². The molecule has 1 saturated carbocycles. The highest BCUT2D eigenvalue weighted by Gasteiger charge is 2.32. The lowest BCUT2D eigenvalue weighted by Crippen LogP contribution is -2.39. The topological polar surface area (TPSA) is 110 Å². The highest BCUT2D eigenvalue weighted by atomic mass is 28.4. The molecule has 2 atom stereocenters. The second kappa shape index (κ2) is 16.3. The lowest BCUT2D eigenvalue weighted by Gasteiger charge is -2.28. The summed E-state index contributed by atoms with van der Waals surface area (Å²) in [4.78, 5) is 23.0. The van der Waals surface area contributed by atoms with Crippen molar-refractivity contribution >= 4 is 27.0 Å². The predicted molar refractivity (Wildman–Crippen MR) is 203 cm³/mol. The lowest BCUT2D eigenvalue weighted by molar-refractivity contribution is -0.134. The molecular formula is C40H62N2O6Si. The van der Waals surface area contributed by atoms with E-state index in [0.29, 0.717) is 36.1 Å². The summed E-state index contributed by atoms with van der Waals surface area (Å²) >= 11 is 0. The molecule has 0 bridgehead atoms. The average molecular weight is 695 g/mol. The lowest BCUT2D eigenvalue weighted by atomic mass is 9.79. The number of esters is 1. The number of hydrogen-bond donors (Lipinski definition) is 2.